The molecule has 5 heterocycles. The summed E-state index contributed by atoms with van der Waals surface area (Å²) in [5, 5.41) is 12.2. The summed E-state index contributed by atoms with van der Waals surface area (Å²) in [7, 11) is 0. The van der Waals surface area contributed by atoms with E-state index >= 15 is 0 Å². The van der Waals surface area contributed by atoms with Crippen molar-refractivity contribution >= 4 is 49.9 Å². The standard InChI is InChI=1S/C32H18N8.C5H8O2/c1-2-10-18-17(9-1)25-33-26(18)38-28-21-13-5-6-14-22(21)30(35-28)40-32-24-16-8-7-15-23(24)31(36-32)39-29-20-12-4-3-11-19(20)27(34-29)37-25;1-4(6)3-5(2)7/h1-16H,(H2,33,34,35,36,37,38,39,40);3,6H,1-2H3/b;4-3-. The molecule has 0 unspecified atom stereocenters. The Kier molecular flexibility index (Phi) is 6.61. The SMILES string of the molecule is CC(=O)/C=C(/C)O.c1ccc2c(c1)-c1nc-2nc2[nH]c(nc3nc(nc4[nH]c(n1)c1ccccc41)-c1ccccc1-3)c1ccccc21. The topological polar surface area (TPSA) is 146 Å². The Balaban J connectivity index is 0.000000420. The minimum atomic E-state index is -0.125. The van der Waals surface area contributed by atoms with Crippen LogP contribution in [0.1, 0.15) is 13.8 Å². The largest absolute Gasteiger partial charge is 0.512 e. The smallest absolute Gasteiger partial charge is 0.164 e. The monoisotopic (exact) mass is 614 g/mol. The zero-order chi connectivity index (χ0) is 32.1. The number of nitrogens with zero attached hydrogens (tertiary/aromatic N) is 6. The predicted molar refractivity (Wildman–Crippen MR) is 183 cm³/mol. The Morgan fingerprint density at radius 1 is 0.489 bits per heavy atom. The van der Waals surface area contributed by atoms with Gasteiger partial charge in [0, 0.05) is 49.9 Å². The van der Waals surface area contributed by atoms with E-state index in [0.717, 1.165) is 43.8 Å². The second kappa shape index (κ2) is 11.1. The van der Waals surface area contributed by atoms with Crippen LogP contribution in [0.4, 0.5) is 0 Å². The first kappa shape index (κ1) is 28.0. The summed E-state index contributed by atoms with van der Waals surface area (Å²) in [5.41, 5.74) is 6.45. The Hall–Kier alpha value is -6.55. The second-order valence-corrected chi connectivity index (χ2v) is 11.2. The number of hydrogen-bond donors (Lipinski definition) is 3. The molecular formula is C37H26N8O2. The van der Waals surface area contributed by atoms with Crippen molar-refractivity contribution in [3.63, 3.8) is 0 Å². The van der Waals surface area contributed by atoms with Gasteiger partial charge in [0.05, 0.1) is 5.76 Å². The van der Waals surface area contributed by atoms with E-state index in [1.54, 1.807) is 0 Å². The first-order valence-electron chi connectivity index (χ1n) is 15.0. The maximum Gasteiger partial charge on any atom is 0.164 e. The molecule has 7 aromatic rings. The lowest BCUT2D eigenvalue weighted by Crippen LogP contribution is -1.82. The van der Waals surface area contributed by atoms with Crippen molar-refractivity contribution < 1.29 is 9.90 Å². The highest BCUT2D eigenvalue weighted by atomic mass is 16.3. The number of allylic oxidation sites excluding steroid dienone is 2. The number of ketones is 1. The third-order valence-corrected chi connectivity index (χ3v) is 7.87. The van der Waals surface area contributed by atoms with Gasteiger partial charge in [0.15, 0.2) is 29.1 Å². The van der Waals surface area contributed by atoms with E-state index in [1.165, 1.54) is 19.9 Å². The average molecular weight is 615 g/mol. The van der Waals surface area contributed by atoms with E-state index in [4.69, 9.17) is 35.0 Å². The highest BCUT2D eigenvalue weighted by molar-refractivity contribution is 6.06. The van der Waals surface area contributed by atoms with Crippen molar-refractivity contribution in [2.75, 3.05) is 0 Å². The van der Waals surface area contributed by atoms with Crippen molar-refractivity contribution in [1.29, 1.82) is 0 Å². The highest BCUT2D eigenvalue weighted by Gasteiger charge is 2.21. The van der Waals surface area contributed by atoms with Crippen molar-refractivity contribution in [3.05, 3.63) is 109 Å². The zero-order valence-corrected chi connectivity index (χ0v) is 25.4. The molecule has 2 aliphatic heterocycles. The molecule has 0 spiro atoms. The summed E-state index contributed by atoms with van der Waals surface area (Å²) < 4.78 is 0. The quantitative estimate of drug-likeness (QED) is 0.125. The van der Waals surface area contributed by atoms with Crippen LogP contribution in [-0.4, -0.2) is 50.8 Å². The highest BCUT2D eigenvalue weighted by Crippen LogP contribution is 2.36. The third kappa shape index (κ3) is 4.98. The first-order valence-corrected chi connectivity index (χ1v) is 15.0. The van der Waals surface area contributed by atoms with E-state index in [2.05, 4.69) is 9.97 Å². The van der Waals surface area contributed by atoms with Crippen LogP contribution >= 0.6 is 0 Å². The van der Waals surface area contributed by atoms with Crippen LogP contribution in [0.15, 0.2) is 109 Å². The molecule has 0 fully saturated rings. The Morgan fingerprint density at radius 3 is 1.00 bits per heavy atom. The van der Waals surface area contributed by atoms with Crippen LogP contribution in [0.2, 0.25) is 0 Å². The molecule has 8 bridgehead atoms. The molecule has 0 atom stereocenters. The summed E-state index contributed by atoms with van der Waals surface area (Å²) in [6.07, 6.45) is 1.17. The van der Waals surface area contributed by atoms with Gasteiger partial charge in [-0.3, -0.25) is 4.79 Å². The minimum absolute atomic E-state index is 0.0625. The fraction of sp³-hybridized carbons (Fsp3) is 0.0541. The van der Waals surface area contributed by atoms with Crippen molar-refractivity contribution in [1.82, 2.24) is 39.9 Å². The molecule has 0 saturated carbocycles. The Bertz CT molecular complexity index is 2280. The Labute approximate surface area is 267 Å². The van der Waals surface area contributed by atoms with E-state index in [1.807, 2.05) is 97.1 Å². The van der Waals surface area contributed by atoms with Crippen LogP contribution in [0, 0.1) is 0 Å². The van der Waals surface area contributed by atoms with Crippen LogP contribution < -0.4 is 0 Å². The molecule has 4 aromatic carbocycles. The number of aromatic amines is 2. The number of carbonyl (C=O) groups excluding carboxylic acids is 1. The molecule has 3 N–H and O–H groups in total. The number of hydrogen-bond acceptors (Lipinski definition) is 8. The lowest BCUT2D eigenvalue weighted by molar-refractivity contribution is -0.112. The normalized spacial score (nSPS) is 11.9. The number of fused-ring (bicyclic) bond motifs is 20. The molecule has 0 aliphatic carbocycles. The number of aromatic nitrogens is 8. The van der Waals surface area contributed by atoms with Gasteiger partial charge in [0.1, 0.15) is 22.6 Å². The number of benzene rings is 4. The van der Waals surface area contributed by atoms with Gasteiger partial charge in [-0.15, -0.1) is 0 Å². The van der Waals surface area contributed by atoms with Gasteiger partial charge >= 0.3 is 0 Å². The molecule has 10 heteroatoms. The van der Waals surface area contributed by atoms with Crippen molar-refractivity contribution in [2.24, 2.45) is 0 Å². The fourth-order valence-corrected chi connectivity index (χ4v) is 5.88. The molecule has 0 saturated heterocycles. The Morgan fingerprint density at radius 2 is 0.766 bits per heavy atom. The number of nitrogens with one attached hydrogen (secondary N) is 2. The molecule has 2 aliphatic rings. The van der Waals surface area contributed by atoms with Gasteiger partial charge in [-0.25, -0.2) is 29.9 Å². The van der Waals surface area contributed by atoms with Gasteiger partial charge in [-0.05, 0) is 13.8 Å². The summed E-state index contributed by atoms with van der Waals surface area (Å²) in [6, 6.07) is 32.2. The number of H-pyrrole nitrogens is 2. The summed E-state index contributed by atoms with van der Waals surface area (Å²) in [5.74, 6) is 2.33. The van der Waals surface area contributed by atoms with E-state index in [-0.39, 0.29) is 11.5 Å². The molecule has 3 aromatic heterocycles. The number of aliphatic hydroxyl groups excluding tert-OH is 1. The number of carbonyl (C=O) groups is 1. The fourth-order valence-electron chi connectivity index (χ4n) is 5.88. The minimum Gasteiger partial charge on any atom is -0.512 e. The van der Waals surface area contributed by atoms with Gasteiger partial charge in [-0.2, -0.15) is 0 Å². The van der Waals surface area contributed by atoms with Crippen molar-refractivity contribution in [2.45, 2.75) is 13.8 Å². The van der Waals surface area contributed by atoms with E-state index in [0.29, 0.717) is 45.9 Å². The molecule has 10 nitrogen and oxygen atoms in total. The molecule has 0 amide bonds. The first-order chi connectivity index (χ1) is 22.9. The molecule has 9 rings (SSSR count). The van der Waals surface area contributed by atoms with Crippen LogP contribution in [0.3, 0.4) is 0 Å². The number of aliphatic hydroxyl groups is 1. The van der Waals surface area contributed by atoms with E-state index < -0.39 is 0 Å². The molecule has 0 radical (unpaired) electrons. The third-order valence-electron chi connectivity index (χ3n) is 7.87. The predicted octanol–water partition coefficient (Wildman–Crippen LogP) is 7.91. The maximum atomic E-state index is 10.0. The lowest BCUT2D eigenvalue weighted by Gasteiger charge is -1.96. The average Bonchev–Trinajstić information content (AvgIpc) is 3.80. The van der Waals surface area contributed by atoms with Gasteiger partial charge in [-0.1, -0.05) is 97.1 Å². The summed E-state index contributed by atoms with van der Waals surface area (Å²) in [4.78, 5) is 46.8. The summed E-state index contributed by atoms with van der Waals surface area (Å²) >= 11 is 0. The second-order valence-electron chi connectivity index (χ2n) is 11.2. The molecular weight excluding hydrogens is 588 g/mol. The molecule has 47 heavy (non-hydrogen) atoms. The number of rotatable bonds is 1. The van der Waals surface area contributed by atoms with Gasteiger partial charge < -0.3 is 15.1 Å². The zero-order valence-electron chi connectivity index (χ0n) is 25.4. The van der Waals surface area contributed by atoms with Crippen LogP contribution in [0.25, 0.3) is 89.7 Å². The molecule has 226 valence electrons. The lowest BCUT2D eigenvalue weighted by atomic mass is 10.1. The van der Waals surface area contributed by atoms with Crippen LogP contribution in [-0.2, 0) is 4.79 Å². The van der Waals surface area contributed by atoms with Crippen molar-refractivity contribution in [3.8, 4) is 45.6 Å². The van der Waals surface area contributed by atoms with Gasteiger partial charge in [0.25, 0.3) is 0 Å². The van der Waals surface area contributed by atoms with Crippen LogP contribution in [0.5, 0.6) is 0 Å². The van der Waals surface area contributed by atoms with Gasteiger partial charge in [0.2, 0.25) is 0 Å². The maximum absolute atomic E-state index is 10.0. The summed E-state index contributed by atoms with van der Waals surface area (Å²) in [6.45, 7) is 2.85. The van der Waals surface area contributed by atoms with E-state index in [9.17, 15) is 4.79 Å².